The van der Waals surface area contributed by atoms with Crippen molar-refractivity contribution in [3.63, 3.8) is 0 Å². The minimum Gasteiger partial charge on any atom is -0.326 e. The number of rotatable bonds is 5. The zero-order valence-corrected chi connectivity index (χ0v) is 10.5. The van der Waals surface area contributed by atoms with Crippen molar-refractivity contribution in [2.24, 2.45) is 5.73 Å². The fourth-order valence-electron chi connectivity index (χ4n) is 1.44. The Morgan fingerprint density at radius 1 is 1.40 bits per heavy atom. The Morgan fingerprint density at radius 3 is 2.60 bits per heavy atom. The van der Waals surface area contributed by atoms with Crippen molar-refractivity contribution in [1.82, 2.24) is 4.98 Å². The van der Waals surface area contributed by atoms with Gasteiger partial charge in [-0.25, -0.2) is 0 Å². The summed E-state index contributed by atoms with van der Waals surface area (Å²) in [6.07, 6.45) is 2.83. The Morgan fingerprint density at radius 2 is 2.13 bits per heavy atom. The van der Waals surface area contributed by atoms with Gasteiger partial charge in [0.05, 0.1) is 10.9 Å². The Balaban J connectivity index is 2.81. The first-order valence-electron chi connectivity index (χ1n) is 5.47. The summed E-state index contributed by atoms with van der Waals surface area (Å²) in [6.45, 7) is 6.52. The van der Waals surface area contributed by atoms with Gasteiger partial charge in [-0.3, -0.25) is 4.98 Å². The van der Waals surface area contributed by atoms with Crippen LogP contribution in [0, 0.1) is 0 Å². The zero-order chi connectivity index (χ0) is 11.3. The molecule has 0 aliphatic carbocycles. The maximum Gasteiger partial charge on any atom is 0.0623 e. The van der Waals surface area contributed by atoms with Crippen molar-refractivity contribution < 1.29 is 0 Å². The first kappa shape index (κ1) is 12.5. The molecule has 2 nitrogen and oxygen atoms in total. The van der Waals surface area contributed by atoms with Gasteiger partial charge in [0.25, 0.3) is 0 Å². The summed E-state index contributed by atoms with van der Waals surface area (Å²) >= 11 is 1.90. The van der Waals surface area contributed by atoms with Crippen LogP contribution in [0.5, 0.6) is 0 Å². The molecule has 0 amide bonds. The van der Waals surface area contributed by atoms with Crippen molar-refractivity contribution in [3.8, 4) is 0 Å². The van der Waals surface area contributed by atoms with Crippen LogP contribution in [-0.2, 0) is 0 Å². The summed E-state index contributed by atoms with van der Waals surface area (Å²) in [5, 5.41) is 0.894. The largest absolute Gasteiger partial charge is 0.326 e. The molecule has 1 heterocycles. The summed E-state index contributed by atoms with van der Waals surface area (Å²) in [4.78, 5) is 4.40. The van der Waals surface area contributed by atoms with Crippen molar-refractivity contribution in [2.45, 2.75) is 43.7 Å². The van der Waals surface area contributed by atoms with Gasteiger partial charge < -0.3 is 5.73 Å². The average molecular weight is 224 g/mol. The van der Waals surface area contributed by atoms with Crippen LogP contribution in [0.2, 0.25) is 0 Å². The van der Waals surface area contributed by atoms with E-state index in [1.165, 1.54) is 0 Å². The van der Waals surface area contributed by atoms with Crippen LogP contribution in [0.25, 0.3) is 0 Å². The Kier molecular flexibility index (Phi) is 5.12. The number of pyridine rings is 1. The molecule has 0 spiro atoms. The van der Waals surface area contributed by atoms with Crippen LogP contribution in [0.3, 0.4) is 0 Å². The second kappa shape index (κ2) is 6.13. The fourth-order valence-corrected chi connectivity index (χ4v) is 2.70. The predicted octanol–water partition coefficient (Wildman–Crippen LogP) is 3.00. The lowest BCUT2D eigenvalue weighted by Crippen LogP contribution is -2.27. The maximum absolute atomic E-state index is 6.14. The minimum atomic E-state index is 0.187. The van der Waals surface area contributed by atoms with E-state index < -0.39 is 0 Å². The molecule has 3 heteroatoms. The van der Waals surface area contributed by atoms with E-state index in [2.05, 4.69) is 31.8 Å². The second-order valence-electron chi connectivity index (χ2n) is 3.93. The van der Waals surface area contributed by atoms with Crippen molar-refractivity contribution >= 4 is 11.8 Å². The van der Waals surface area contributed by atoms with Gasteiger partial charge in [0.1, 0.15) is 0 Å². The van der Waals surface area contributed by atoms with Gasteiger partial charge in [-0.1, -0.05) is 26.8 Å². The highest BCUT2D eigenvalue weighted by Crippen LogP contribution is 2.33. The molecule has 0 aliphatic heterocycles. The van der Waals surface area contributed by atoms with Crippen LogP contribution in [-0.4, -0.2) is 16.3 Å². The minimum absolute atomic E-state index is 0.187. The van der Waals surface area contributed by atoms with Gasteiger partial charge in [-0.05, 0) is 23.8 Å². The van der Waals surface area contributed by atoms with Crippen LogP contribution in [0.1, 0.15) is 38.1 Å². The molecule has 0 aliphatic rings. The SMILES string of the molecule is CCC(N)C(SC(C)C)c1ccccn1. The highest BCUT2D eigenvalue weighted by Gasteiger charge is 2.21. The van der Waals surface area contributed by atoms with E-state index in [-0.39, 0.29) is 6.04 Å². The smallest absolute Gasteiger partial charge is 0.0623 e. The van der Waals surface area contributed by atoms with Crippen molar-refractivity contribution in [1.29, 1.82) is 0 Å². The average Bonchev–Trinajstić information content (AvgIpc) is 2.26. The molecular formula is C12H20N2S. The molecule has 2 unspecified atom stereocenters. The summed E-state index contributed by atoms with van der Waals surface area (Å²) in [5.74, 6) is 0. The van der Waals surface area contributed by atoms with Crippen LogP contribution in [0.15, 0.2) is 24.4 Å². The van der Waals surface area contributed by atoms with E-state index in [1.807, 2.05) is 30.1 Å². The molecule has 0 aromatic carbocycles. The normalized spacial score (nSPS) is 15.3. The van der Waals surface area contributed by atoms with E-state index in [9.17, 15) is 0 Å². The third-order valence-corrected chi connectivity index (χ3v) is 3.69. The molecule has 1 aromatic heterocycles. The molecule has 1 rings (SSSR count). The van der Waals surface area contributed by atoms with E-state index in [0.717, 1.165) is 12.1 Å². The lowest BCUT2D eigenvalue weighted by molar-refractivity contribution is 0.623. The van der Waals surface area contributed by atoms with E-state index >= 15 is 0 Å². The Labute approximate surface area is 96.7 Å². The standard InChI is InChI=1S/C12H20N2S/c1-4-10(13)12(15-9(2)3)11-7-5-6-8-14-11/h5-10,12H,4,13H2,1-3H3. The fraction of sp³-hybridized carbons (Fsp3) is 0.583. The van der Waals surface area contributed by atoms with Crippen LogP contribution >= 0.6 is 11.8 Å². The second-order valence-corrected chi connectivity index (χ2v) is 5.65. The van der Waals surface area contributed by atoms with E-state index in [0.29, 0.717) is 10.5 Å². The highest BCUT2D eigenvalue weighted by molar-refractivity contribution is 8.00. The van der Waals surface area contributed by atoms with Gasteiger partial charge in [0.2, 0.25) is 0 Å². The highest BCUT2D eigenvalue weighted by atomic mass is 32.2. The third kappa shape index (κ3) is 3.84. The summed E-state index contributed by atoms with van der Waals surface area (Å²) < 4.78 is 0. The number of hydrogen-bond acceptors (Lipinski definition) is 3. The van der Waals surface area contributed by atoms with Crippen molar-refractivity contribution in [2.75, 3.05) is 0 Å². The lowest BCUT2D eigenvalue weighted by atomic mass is 10.1. The molecule has 0 fully saturated rings. The number of hydrogen-bond donors (Lipinski definition) is 1. The summed E-state index contributed by atoms with van der Waals surface area (Å²) in [6, 6.07) is 6.22. The molecule has 84 valence electrons. The first-order chi connectivity index (χ1) is 7.15. The monoisotopic (exact) mass is 224 g/mol. The molecule has 0 radical (unpaired) electrons. The van der Waals surface area contributed by atoms with E-state index in [1.54, 1.807) is 0 Å². The van der Waals surface area contributed by atoms with Gasteiger partial charge >= 0.3 is 0 Å². The number of nitrogens with two attached hydrogens (primary N) is 1. The molecule has 15 heavy (non-hydrogen) atoms. The first-order valence-corrected chi connectivity index (χ1v) is 6.41. The van der Waals surface area contributed by atoms with Gasteiger partial charge in [0, 0.05) is 12.2 Å². The Hall–Kier alpha value is -0.540. The van der Waals surface area contributed by atoms with E-state index in [4.69, 9.17) is 5.73 Å². The third-order valence-electron chi connectivity index (χ3n) is 2.26. The molecule has 0 saturated heterocycles. The van der Waals surface area contributed by atoms with Crippen LogP contribution in [0.4, 0.5) is 0 Å². The molecule has 0 bridgehead atoms. The number of thioether (sulfide) groups is 1. The van der Waals surface area contributed by atoms with Gasteiger partial charge in [-0.2, -0.15) is 0 Å². The van der Waals surface area contributed by atoms with Crippen molar-refractivity contribution in [3.05, 3.63) is 30.1 Å². The van der Waals surface area contributed by atoms with Crippen LogP contribution < -0.4 is 5.73 Å². The number of nitrogens with zero attached hydrogens (tertiary/aromatic N) is 1. The summed E-state index contributed by atoms with van der Waals surface area (Å²) in [7, 11) is 0. The lowest BCUT2D eigenvalue weighted by Gasteiger charge is -2.23. The quantitative estimate of drug-likeness (QED) is 0.835. The topological polar surface area (TPSA) is 38.9 Å². The Bertz CT molecular complexity index is 274. The zero-order valence-electron chi connectivity index (χ0n) is 9.68. The predicted molar refractivity (Wildman–Crippen MR) is 68.0 cm³/mol. The van der Waals surface area contributed by atoms with Gasteiger partial charge in [0.15, 0.2) is 0 Å². The molecule has 0 saturated carbocycles. The molecule has 1 aromatic rings. The number of aromatic nitrogens is 1. The van der Waals surface area contributed by atoms with Gasteiger partial charge in [-0.15, -0.1) is 11.8 Å². The molecule has 2 atom stereocenters. The summed E-state index contributed by atoms with van der Waals surface area (Å²) in [5.41, 5.74) is 7.24. The molecule has 2 N–H and O–H groups in total. The maximum atomic E-state index is 6.14. The molecular weight excluding hydrogens is 204 g/mol.